The number of aromatic nitrogens is 1. The highest BCUT2D eigenvalue weighted by Gasteiger charge is 2.17. The zero-order chi connectivity index (χ0) is 14.8. The van der Waals surface area contributed by atoms with Crippen LogP contribution in [-0.4, -0.2) is 13.4 Å². The Hall–Kier alpha value is -1.71. The van der Waals surface area contributed by atoms with Crippen LogP contribution in [0, 0.1) is 5.82 Å². The van der Waals surface area contributed by atoms with Crippen molar-refractivity contribution >= 4 is 37.5 Å². The van der Waals surface area contributed by atoms with Crippen molar-refractivity contribution in [2.45, 2.75) is 4.90 Å². The van der Waals surface area contributed by atoms with E-state index in [1.54, 1.807) is 0 Å². The summed E-state index contributed by atoms with van der Waals surface area (Å²) in [6.07, 6.45) is 1.28. The zero-order valence-corrected chi connectivity index (χ0v) is 12.4. The molecule has 1 heterocycles. The number of hydrazine groups is 1. The van der Waals surface area contributed by atoms with Crippen LogP contribution in [0.2, 0.25) is 0 Å². The first-order chi connectivity index (χ1) is 9.42. The first-order valence-electron chi connectivity index (χ1n) is 5.33. The lowest BCUT2D eigenvalue weighted by molar-refractivity contribution is 0.598. The predicted molar refractivity (Wildman–Crippen MR) is 77.0 cm³/mol. The van der Waals surface area contributed by atoms with Crippen LogP contribution >= 0.6 is 15.9 Å². The van der Waals surface area contributed by atoms with Gasteiger partial charge in [0.25, 0.3) is 10.0 Å². The van der Waals surface area contributed by atoms with Crippen molar-refractivity contribution in [2.24, 2.45) is 5.84 Å². The van der Waals surface area contributed by atoms with Crippen molar-refractivity contribution in [3.63, 3.8) is 0 Å². The van der Waals surface area contributed by atoms with Crippen molar-refractivity contribution in [3.8, 4) is 0 Å². The van der Waals surface area contributed by atoms with Gasteiger partial charge in [0.05, 0.1) is 10.6 Å². The molecule has 2 rings (SSSR count). The van der Waals surface area contributed by atoms with Gasteiger partial charge in [-0.05, 0) is 24.3 Å². The second-order valence-electron chi connectivity index (χ2n) is 3.75. The molecule has 0 aliphatic carbocycles. The van der Waals surface area contributed by atoms with Crippen LogP contribution in [-0.2, 0) is 10.0 Å². The molecule has 0 fully saturated rings. The minimum Gasteiger partial charge on any atom is -0.308 e. The van der Waals surface area contributed by atoms with Crippen molar-refractivity contribution in [1.29, 1.82) is 0 Å². The molecule has 1 aromatic heterocycles. The van der Waals surface area contributed by atoms with Crippen molar-refractivity contribution < 1.29 is 12.8 Å². The molecule has 0 spiro atoms. The van der Waals surface area contributed by atoms with Gasteiger partial charge in [-0.2, -0.15) is 0 Å². The number of nitrogen functional groups attached to an aromatic ring is 1. The molecule has 0 unspecified atom stereocenters. The highest BCUT2D eigenvalue weighted by molar-refractivity contribution is 9.10. The Balaban J connectivity index is 2.38. The number of rotatable bonds is 4. The zero-order valence-electron chi connectivity index (χ0n) is 9.97. The molecule has 0 radical (unpaired) electrons. The SMILES string of the molecule is NNc1cc(S(=O)(=O)Nc2cc(Br)ccc2F)ccn1. The van der Waals surface area contributed by atoms with E-state index in [9.17, 15) is 12.8 Å². The van der Waals surface area contributed by atoms with E-state index in [4.69, 9.17) is 5.84 Å². The smallest absolute Gasteiger partial charge is 0.262 e. The lowest BCUT2D eigenvalue weighted by Crippen LogP contribution is -2.15. The summed E-state index contributed by atoms with van der Waals surface area (Å²) in [4.78, 5) is 3.72. The summed E-state index contributed by atoms with van der Waals surface area (Å²) in [6, 6.07) is 6.46. The van der Waals surface area contributed by atoms with Crippen LogP contribution < -0.4 is 16.0 Å². The van der Waals surface area contributed by atoms with Crippen molar-refractivity contribution in [2.75, 3.05) is 10.1 Å². The van der Waals surface area contributed by atoms with E-state index < -0.39 is 15.8 Å². The van der Waals surface area contributed by atoms with Gasteiger partial charge < -0.3 is 5.43 Å². The maximum absolute atomic E-state index is 13.6. The topological polar surface area (TPSA) is 97.1 Å². The number of pyridine rings is 1. The highest BCUT2D eigenvalue weighted by atomic mass is 79.9. The molecule has 4 N–H and O–H groups in total. The molecule has 9 heteroatoms. The first kappa shape index (κ1) is 14.7. The third kappa shape index (κ3) is 3.24. The second kappa shape index (κ2) is 5.73. The number of nitrogens with zero attached hydrogens (tertiary/aromatic N) is 1. The monoisotopic (exact) mass is 360 g/mol. The average molecular weight is 361 g/mol. The van der Waals surface area contributed by atoms with Gasteiger partial charge in [-0.1, -0.05) is 15.9 Å². The number of hydrogen-bond donors (Lipinski definition) is 3. The van der Waals surface area contributed by atoms with Crippen LogP contribution in [0.15, 0.2) is 45.9 Å². The van der Waals surface area contributed by atoms with E-state index in [-0.39, 0.29) is 16.4 Å². The largest absolute Gasteiger partial charge is 0.308 e. The summed E-state index contributed by atoms with van der Waals surface area (Å²) >= 11 is 3.14. The van der Waals surface area contributed by atoms with Crippen molar-refractivity contribution in [3.05, 3.63) is 46.8 Å². The molecule has 2 aromatic rings. The Bertz CT molecular complexity index is 739. The summed E-state index contributed by atoms with van der Waals surface area (Å²) in [5.74, 6) is 4.67. The molecule has 0 amide bonds. The van der Waals surface area contributed by atoms with Gasteiger partial charge in [0, 0.05) is 16.7 Å². The van der Waals surface area contributed by atoms with Gasteiger partial charge in [0.15, 0.2) is 0 Å². The summed E-state index contributed by atoms with van der Waals surface area (Å²) < 4.78 is 40.6. The number of sulfonamides is 1. The quantitative estimate of drug-likeness (QED) is 0.572. The molecule has 6 nitrogen and oxygen atoms in total. The fraction of sp³-hybridized carbons (Fsp3) is 0. The lowest BCUT2D eigenvalue weighted by Gasteiger charge is -2.10. The molecular formula is C11H10BrFN4O2S. The van der Waals surface area contributed by atoms with Gasteiger partial charge in [-0.3, -0.25) is 4.72 Å². The van der Waals surface area contributed by atoms with Gasteiger partial charge >= 0.3 is 0 Å². The molecular weight excluding hydrogens is 351 g/mol. The van der Waals surface area contributed by atoms with E-state index in [1.165, 1.54) is 30.5 Å². The van der Waals surface area contributed by atoms with Crippen LogP contribution in [0.5, 0.6) is 0 Å². The summed E-state index contributed by atoms with van der Waals surface area (Å²) in [6.45, 7) is 0. The molecule has 0 saturated heterocycles. The Morgan fingerprint density at radius 3 is 2.70 bits per heavy atom. The normalized spacial score (nSPS) is 11.2. The number of nitrogens with one attached hydrogen (secondary N) is 2. The lowest BCUT2D eigenvalue weighted by atomic mass is 10.3. The minimum atomic E-state index is -3.93. The molecule has 1 aromatic carbocycles. The van der Waals surface area contributed by atoms with Gasteiger partial charge in [-0.15, -0.1) is 0 Å². The molecule has 106 valence electrons. The number of halogens is 2. The number of benzene rings is 1. The van der Waals surface area contributed by atoms with Gasteiger partial charge in [0.1, 0.15) is 11.6 Å². The minimum absolute atomic E-state index is 0.0835. The van der Waals surface area contributed by atoms with E-state index in [0.29, 0.717) is 4.47 Å². The fourth-order valence-electron chi connectivity index (χ4n) is 1.44. The Morgan fingerprint density at radius 1 is 1.25 bits per heavy atom. The van der Waals surface area contributed by atoms with Gasteiger partial charge in [-0.25, -0.2) is 23.6 Å². The van der Waals surface area contributed by atoms with Crippen molar-refractivity contribution in [1.82, 2.24) is 4.98 Å². The van der Waals surface area contributed by atoms with Crippen LogP contribution in [0.25, 0.3) is 0 Å². The molecule has 0 saturated carbocycles. The molecule has 0 aliphatic heterocycles. The second-order valence-corrected chi connectivity index (χ2v) is 6.35. The molecule has 0 bridgehead atoms. The molecule has 0 atom stereocenters. The van der Waals surface area contributed by atoms with E-state index in [2.05, 4.69) is 31.1 Å². The fourth-order valence-corrected chi connectivity index (χ4v) is 2.87. The van der Waals surface area contributed by atoms with Crippen LogP contribution in [0.1, 0.15) is 0 Å². The Morgan fingerprint density at radius 2 is 2.00 bits per heavy atom. The maximum Gasteiger partial charge on any atom is 0.262 e. The number of anilines is 2. The summed E-state index contributed by atoms with van der Waals surface area (Å²) in [7, 11) is -3.93. The number of hydrogen-bond acceptors (Lipinski definition) is 5. The standard InChI is InChI=1S/C11H10BrFN4O2S/c12-7-1-2-9(13)10(5-7)17-20(18,19)8-3-4-15-11(6-8)16-14/h1-6,17H,14H2,(H,15,16). The highest BCUT2D eigenvalue weighted by Crippen LogP contribution is 2.23. The third-order valence-corrected chi connectivity index (χ3v) is 4.22. The number of nitrogens with two attached hydrogens (primary N) is 1. The van der Waals surface area contributed by atoms with E-state index in [0.717, 1.165) is 6.07 Å². The molecule has 20 heavy (non-hydrogen) atoms. The van der Waals surface area contributed by atoms with E-state index >= 15 is 0 Å². The first-order valence-corrected chi connectivity index (χ1v) is 7.60. The van der Waals surface area contributed by atoms with Crippen LogP contribution in [0.3, 0.4) is 0 Å². The maximum atomic E-state index is 13.6. The Labute approximate surface area is 123 Å². The predicted octanol–water partition coefficient (Wildman–Crippen LogP) is 2.07. The van der Waals surface area contributed by atoms with Crippen LogP contribution in [0.4, 0.5) is 15.9 Å². The average Bonchev–Trinajstić information content (AvgIpc) is 2.43. The Kier molecular flexibility index (Phi) is 4.21. The summed E-state index contributed by atoms with van der Waals surface area (Å²) in [5.41, 5.74) is 2.08. The van der Waals surface area contributed by atoms with E-state index in [1.807, 2.05) is 0 Å². The molecule has 0 aliphatic rings. The summed E-state index contributed by atoms with van der Waals surface area (Å²) in [5, 5.41) is 0. The van der Waals surface area contributed by atoms with Gasteiger partial charge in [0.2, 0.25) is 0 Å². The third-order valence-electron chi connectivity index (χ3n) is 2.36.